The zero-order chi connectivity index (χ0) is 24.4. The molecule has 1 amide bonds. The number of hydrogen-bond donors (Lipinski definition) is 2. The highest BCUT2D eigenvalue weighted by Gasteiger charge is 2.22. The minimum absolute atomic E-state index is 0.153. The van der Waals surface area contributed by atoms with Crippen molar-refractivity contribution in [3.63, 3.8) is 0 Å². The fourth-order valence-electron chi connectivity index (χ4n) is 3.56. The Bertz CT molecular complexity index is 1420. The topological polar surface area (TPSA) is 85.4 Å². The van der Waals surface area contributed by atoms with Gasteiger partial charge in [0.2, 0.25) is 12.7 Å². The summed E-state index contributed by atoms with van der Waals surface area (Å²) >= 11 is 1.22. The molecule has 1 atom stereocenters. The summed E-state index contributed by atoms with van der Waals surface area (Å²) in [4.78, 5) is 22.2. The molecule has 0 bridgehead atoms. The highest BCUT2D eigenvalue weighted by atomic mass is 32.2. The second kappa shape index (κ2) is 9.75. The van der Waals surface area contributed by atoms with Crippen LogP contribution in [0, 0.1) is 11.6 Å². The quantitative estimate of drug-likeness (QED) is 0.245. The van der Waals surface area contributed by atoms with E-state index in [-0.39, 0.29) is 12.7 Å². The number of amides is 1. The van der Waals surface area contributed by atoms with Gasteiger partial charge in [-0.15, -0.1) is 0 Å². The van der Waals surface area contributed by atoms with Crippen molar-refractivity contribution in [1.82, 2.24) is 9.97 Å². The third-order valence-electron chi connectivity index (χ3n) is 5.32. The van der Waals surface area contributed by atoms with Crippen molar-refractivity contribution in [3.8, 4) is 11.5 Å². The molecule has 5 rings (SSSR count). The van der Waals surface area contributed by atoms with E-state index in [1.54, 1.807) is 18.2 Å². The number of nitrogens with zero attached hydrogens (tertiary/aromatic N) is 2. The summed E-state index contributed by atoms with van der Waals surface area (Å²) in [5.41, 5.74) is 1.59. The fraction of sp³-hybridized carbons (Fsp3) is 0.160. The first-order valence-corrected chi connectivity index (χ1v) is 11.7. The van der Waals surface area contributed by atoms with Gasteiger partial charge >= 0.3 is 0 Å². The molecule has 2 N–H and O–H groups in total. The zero-order valence-corrected chi connectivity index (χ0v) is 19.4. The average Bonchev–Trinajstić information content (AvgIpc) is 3.33. The van der Waals surface area contributed by atoms with Gasteiger partial charge in [-0.25, -0.2) is 18.7 Å². The van der Waals surface area contributed by atoms with E-state index in [9.17, 15) is 13.6 Å². The Balaban J connectivity index is 1.39. The number of anilines is 3. The predicted octanol–water partition coefficient (Wildman–Crippen LogP) is 5.89. The minimum atomic E-state index is -0.964. The number of hydrogen-bond acceptors (Lipinski definition) is 7. The smallest absolute Gasteiger partial charge is 0.237 e. The van der Waals surface area contributed by atoms with Gasteiger partial charge in [-0.05, 0) is 42.8 Å². The second-order valence-corrected chi connectivity index (χ2v) is 8.87. The Morgan fingerprint density at radius 2 is 1.80 bits per heavy atom. The first-order chi connectivity index (χ1) is 17.0. The summed E-state index contributed by atoms with van der Waals surface area (Å²) in [5.74, 6) is -0.462. The highest BCUT2D eigenvalue weighted by Crippen LogP contribution is 2.35. The van der Waals surface area contributed by atoms with E-state index < -0.39 is 16.9 Å². The molecule has 3 aromatic carbocycles. The van der Waals surface area contributed by atoms with E-state index in [1.807, 2.05) is 31.2 Å². The van der Waals surface area contributed by atoms with Gasteiger partial charge in [-0.3, -0.25) is 4.79 Å². The van der Waals surface area contributed by atoms with E-state index in [0.717, 1.165) is 12.1 Å². The van der Waals surface area contributed by atoms with Crippen LogP contribution in [-0.4, -0.2) is 27.9 Å². The highest BCUT2D eigenvalue weighted by molar-refractivity contribution is 8.00. The van der Waals surface area contributed by atoms with E-state index in [0.29, 0.717) is 51.2 Å². The monoisotopic (exact) mass is 494 g/mol. The van der Waals surface area contributed by atoms with Gasteiger partial charge in [-0.1, -0.05) is 30.8 Å². The summed E-state index contributed by atoms with van der Waals surface area (Å²) in [6, 6.07) is 16.1. The van der Waals surface area contributed by atoms with Gasteiger partial charge in [-0.2, -0.15) is 0 Å². The molecule has 0 radical (unpaired) electrons. The molecule has 0 spiro atoms. The number of halogens is 2. The Labute approximate surface area is 203 Å². The Hall–Kier alpha value is -3.92. The number of ether oxygens (including phenoxy) is 2. The van der Waals surface area contributed by atoms with Gasteiger partial charge in [0.1, 0.15) is 5.82 Å². The number of thioether (sulfide) groups is 1. The maximum atomic E-state index is 13.7. The molecule has 0 saturated carbocycles. The van der Waals surface area contributed by atoms with Crippen molar-refractivity contribution in [3.05, 3.63) is 72.3 Å². The Morgan fingerprint density at radius 3 is 2.63 bits per heavy atom. The lowest BCUT2D eigenvalue weighted by Crippen LogP contribution is -2.24. The standard InChI is InChI=1S/C25H20F2N4O3S/c1-2-22(24(32)29-15-8-10-20-21(12-15)34-13-33-20)35-25-30-19-6-4-3-5-16(19)23(31-25)28-14-7-9-17(26)18(27)11-14/h3-12,22H,2,13H2,1H3,(H,29,32)(H,28,30,31)/t22-/m0/s1. The van der Waals surface area contributed by atoms with E-state index >= 15 is 0 Å². The molecule has 0 unspecified atom stereocenters. The number of rotatable bonds is 7. The molecule has 0 fully saturated rings. The van der Waals surface area contributed by atoms with Crippen molar-refractivity contribution in [1.29, 1.82) is 0 Å². The zero-order valence-electron chi connectivity index (χ0n) is 18.5. The predicted molar refractivity (Wildman–Crippen MR) is 130 cm³/mol. The third-order valence-corrected chi connectivity index (χ3v) is 6.54. The minimum Gasteiger partial charge on any atom is -0.454 e. The van der Waals surface area contributed by atoms with Crippen LogP contribution in [0.3, 0.4) is 0 Å². The first-order valence-electron chi connectivity index (χ1n) is 10.9. The number of para-hydroxylation sites is 1. The molecule has 4 aromatic rings. The van der Waals surface area contributed by atoms with Gasteiger partial charge in [0.15, 0.2) is 28.3 Å². The lowest BCUT2D eigenvalue weighted by molar-refractivity contribution is -0.115. The molecule has 0 saturated heterocycles. The van der Waals surface area contributed by atoms with Crippen molar-refractivity contribution in [2.45, 2.75) is 23.8 Å². The summed E-state index contributed by atoms with van der Waals surface area (Å²) < 4.78 is 37.8. The molecular weight excluding hydrogens is 474 g/mol. The van der Waals surface area contributed by atoms with Crippen molar-refractivity contribution in [2.24, 2.45) is 0 Å². The molecule has 10 heteroatoms. The summed E-state index contributed by atoms with van der Waals surface area (Å²) in [7, 11) is 0. The van der Waals surface area contributed by atoms with E-state index in [4.69, 9.17) is 9.47 Å². The third kappa shape index (κ3) is 4.97. The van der Waals surface area contributed by atoms with Crippen LogP contribution in [0.1, 0.15) is 13.3 Å². The van der Waals surface area contributed by atoms with Gasteiger partial charge < -0.3 is 20.1 Å². The molecule has 0 aliphatic carbocycles. The van der Waals surface area contributed by atoms with Crippen LogP contribution in [0.5, 0.6) is 11.5 Å². The Kier molecular flexibility index (Phi) is 6.37. The number of carbonyl (C=O) groups excluding carboxylic acids is 1. The molecule has 2 heterocycles. The molecule has 35 heavy (non-hydrogen) atoms. The maximum absolute atomic E-state index is 13.7. The van der Waals surface area contributed by atoms with Crippen LogP contribution >= 0.6 is 11.8 Å². The Morgan fingerprint density at radius 1 is 1.00 bits per heavy atom. The molecule has 178 valence electrons. The number of nitrogens with one attached hydrogen (secondary N) is 2. The second-order valence-electron chi connectivity index (χ2n) is 7.70. The van der Waals surface area contributed by atoms with Crippen LogP contribution in [0.2, 0.25) is 0 Å². The molecule has 1 aliphatic rings. The SMILES string of the molecule is CC[C@H](Sc1nc(Nc2ccc(F)c(F)c2)c2ccccc2n1)C(=O)Nc1ccc2c(c1)OCO2. The average molecular weight is 495 g/mol. The first kappa shape index (κ1) is 22.9. The van der Waals surface area contributed by atoms with Gasteiger partial charge in [0.25, 0.3) is 0 Å². The number of aromatic nitrogens is 2. The lowest BCUT2D eigenvalue weighted by atomic mass is 10.2. The maximum Gasteiger partial charge on any atom is 0.237 e. The molecular formula is C25H20F2N4O3S. The van der Waals surface area contributed by atoms with Gasteiger partial charge in [0, 0.05) is 28.9 Å². The number of benzene rings is 3. The van der Waals surface area contributed by atoms with Crippen LogP contribution in [0.15, 0.2) is 65.8 Å². The van der Waals surface area contributed by atoms with Crippen LogP contribution < -0.4 is 20.1 Å². The van der Waals surface area contributed by atoms with Crippen molar-refractivity contribution >= 4 is 45.8 Å². The van der Waals surface area contributed by atoms with Gasteiger partial charge in [0.05, 0.1) is 10.8 Å². The summed E-state index contributed by atoms with van der Waals surface area (Å²) in [6.07, 6.45) is 0.531. The van der Waals surface area contributed by atoms with Crippen LogP contribution in [-0.2, 0) is 4.79 Å². The fourth-order valence-corrected chi connectivity index (χ4v) is 4.44. The summed E-state index contributed by atoms with van der Waals surface area (Å²) in [5, 5.41) is 6.55. The number of carbonyl (C=O) groups is 1. The normalized spacial score (nSPS) is 13.0. The van der Waals surface area contributed by atoms with E-state index in [2.05, 4.69) is 20.6 Å². The van der Waals surface area contributed by atoms with E-state index in [1.165, 1.54) is 17.8 Å². The molecule has 1 aliphatic heterocycles. The molecule has 1 aromatic heterocycles. The largest absolute Gasteiger partial charge is 0.454 e. The van der Waals surface area contributed by atoms with Crippen molar-refractivity contribution in [2.75, 3.05) is 17.4 Å². The lowest BCUT2D eigenvalue weighted by Gasteiger charge is -2.16. The van der Waals surface area contributed by atoms with Crippen LogP contribution in [0.4, 0.5) is 26.0 Å². The van der Waals surface area contributed by atoms with Crippen LogP contribution in [0.25, 0.3) is 10.9 Å². The summed E-state index contributed by atoms with van der Waals surface area (Å²) in [6.45, 7) is 2.05. The van der Waals surface area contributed by atoms with Crippen molar-refractivity contribution < 1.29 is 23.0 Å². The number of fused-ring (bicyclic) bond motifs is 2. The molecule has 7 nitrogen and oxygen atoms in total.